The van der Waals surface area contributed by atoms with Crippen LogP contribution in [0, 0.1) is 12.8 Å². The number of hydrogen-bond donors (Lipinski definition) is 2. The molecule has 4 heteroatoms. The van der Waals surface area contributed by atoms with Crippen LogP contribution in [-0.2, 0) is 13.0 Å². The van der Waals surface area contributed by atoms with Gasteiger partial charge < -0.3 is 10.6 Å². The maximum absolute atomic E-state index is 4.41. The molecule has 0 bridgehead atoms. The molecular weight excluding hydrogens is 308 g/mol. The van der Waals surface area contributed by atoms with Crippen molar-refractivity contribution in [1.29, 1.82) is 0 Å². The van der Waals surface area contributed by atoms with Crippen LogP contribution < -0.4 is 10.6 Å². The van der Waals surface area contributed by atoms with Crippen LogP contribution in [0.25, 0.3) is 0 Å². The summed E-state index contributed by atoms with van der Waals surface area (Å²) in [6.45, 7) is 9.37. The van der Waals surface area contributed by atoms with Gasteiger partial charge in [-0.05, 0) is 48.9 Å². The average Bonchev–Trinajstić information content (AvgIpc) is 2.59. The number of hydrogen-bond acceptors (Lipinski definition) is 2. The molecule has 0 radical (unpaired) electrons. The zero-order chi connectivity index (χ0) is 18.2. The van der Waals surface area contributed by atoms with Crippen molar-refractivity contribution in [2.24, 2.45) is 10.9 Å². The fraction of sp³-hybridized carbons (Fsp3) is 0.429. The van der Waals surface area contributed by atoms with Gasteiger partial charge in [0.25, 0.3) is 0 Å². The molecule has 1 atom stereocenters. The van der Waals surface area contributed by atoms with Gasteiger partial charge in [-0.3, -0.25) is 9.98 Å². The third-order valence-corrected chi connectivity index (χ3v) is 4.24. The monoisotopic (exact) mass is 338 g/mol. The Balaban J connectivity index is 1.93. The van der Waals surface area contributed by atoms with Gasteiger partial charge >= 0.3 is 0 Å². The van der Waals surface area contributed by atoms with E-state index >= 15 is 0 Å². The van der Waals surface area contributed by atoms with E-state index in [1.807, 2.05) is 12.3 Å². The third-order valence-electron chi connectivity index (χ3n) is 4.24. The van der Waals surface area contributed by atoms with Gasteiger partial charge in [0.05, 0.1) is 18.3 Å². The number of nitrogens with one attached hydrogen (secondary N) is 2. The summed E-state index contributed by atoms with van der Waals surface area (Å²) >= 11 is 0. The second-order valence-corrected chi connectivity index (χ2v) is 6.90. The van der Waals surface area contributed by atoms with Crippen LogP contribution in [0.1, 0.15) is 49.2 Å². The Bertz CT molecular complexity index is 689. The van der Waals surface area contributed by atoms with E-state index in [9.17, 15) is 0 Å². The van der Waals surface area contributed by atoms with Gasteiger partial charge in [0, 0.05) is 13.2 Å². The minimum atomic E-state index is 0.184. The number of aliphatic imine (C=N–C) groups is 1. The zero-order valence-corrected chi connectivity index (χ0v) is 16.0. The first-order chi connectivity index (χ1) is 12.0. The predicted molar refractivity (Wildman–Crippen MR) is 106 cm³/mol. The fourth-order valence-corrected chi connectivity index (χ4v) is 2.77. The van der Waals surface area contributed by atoms with Crippen LogP contribution in [0.2, 0.25) is 0 Å². The summed E-state index contributed by atoms with van der Waals surface area (Å²) in [4.78, 5) is 8.73. The van der Waals surface area contributed by atoms with E-state index in [1.54, 1.807) is 7.05 Å². The summed E-state index contributed by atoms with van der Waals surface area (Å²) in [6.07, 6.45) is 2.94. The second kappa shape index (κ2) is 9.21. The standard InChI is InChI=1S/C21H30N4/c1-15(2)13-18-8-10-19(11-9-18)17(4)25-21(22-5)24-14-20-16(3)7-6-12-23-20/h6-12,15,17H,13-14H2,1-5H3,(H2,22,24,25). The summed E-state index contributed by atoms with van der Waals surface area (Å²) in [5.41, 5.74) is 4.86. The van der Waals surface area contributed by atoms with E-state index in [2.05, 4.69) is 78.6 Å². The molecule has 4 nitrogen and oxygen atoms in total. The Kier molecular flexibility index (Phi) is 6.99. The van der Waals surface area contributed by atoms with Gasteiger partial charge in [0.1, 0.15) is 0 Å². The maximum Gasteiger partial charge on any atom is 0.191 e. The van der Waals surface area contributed by atoms with Crippen LogP contribution in [0.4, 0.5) is 0 Å². The molecule has 2 rings (SSSR count). The molecule has 0 aliphatic heterocycles. The summed E-state index contributed by atoms with van der Waals surface area (Å²) in [6, 6.07) is 13.1. The number of guanidine groups is 1. The molecular formula is C21H30N4. The van der Waals surface area contributed by atoms with Crippen LogP contribution in [0.3, 0.4) is 0 Å². The number of pyridine rings is 1. The molecule has 1 aromatic carbocycles. The first kappa shape index (κ1) is 19.0. The highest BCUT2D eigenvalue weighted by Crippen LogP contribution is 2.15. The van der Waals surface area contributed by atoms with Crippen molar-refractivity contribution in [3.8, 4) is 0 Å². The van der Waals surface area contributed by atoms with Crippen LogP contribution >= 0.6 is 0 Å². The minimum Gasteiger partial charge on any atom is -0.351 e. The molecule has 2 aromatic rings. The Labute approximate surface area is 151 Å². The number of aryl methyl sites for hydroxylation is 1. The lowest BCUT2D eigenvalue weighted by atomic mass is 10.00. The van der Waals surface area contributed by atoms with Crippen LogP contribution in [0.5, 0.6) is 0 Å². The molecule has 0 amide bonds. The predicted octanol–water partition coefficient (Wildman–Crippen LogP) is 4.01. The van der Waals surface area contributed by atoms with E-state index in [-0.39, 0.29) is 6.04 Å². The van der Waals surface area contributed by atoms with Gasteiger partial charge in [0.2, 0.25) is 0 Å². The van der Waals surface area contributed by atoms with Crippen molar-refractivity contribution in [1.82, 2.24) is 15.6 Å². The van der Waals surface area contributed by atoms with E-state index in [0.29, 0.717) is 12.5 Å². The van der Waals surface area contributed by atoms with Crippen molar-refractivity contribution in [2.45, 2.75) is 46.7 Å². The average molecular weight is 338 g/mol. The first-order valence-electron chi connectivity index (χ1n) is 8.96. The van der Waals surface area contributed by atoms with Crippen molar-refractivity contribution in [3.63, 3.8) is 0 Å². The molecule has 0 saturated heterocycles. The van der Waals surface area contributed by atoms with Gasteiger partial charge in [-0.25, -0.2) is 0 Å². The SMILES string of the molecule is CN=C(NCc1ncccc1C)NC(C)c1ccc(CC(C)C)cc1. The topological polar surface area (TPSA) is 49.3 Å². The lowest BCUT2D eigenvalue weighted by Crippen LogP contribution is -2.38. The second-order valence-electron chi connectivity index (χ2n) is 6.90. The molecule has 0 aliphatic rings. The Morgan fingerprint density at radius 2 is 1.84 bits per heavy atom. The molecule has 0 aliphatic carbocycles. The summed E-state index contributed by atoms with van der Waals surface area (Å²) in [7, 11) is 1.79. The first-order valence-corrected chi connectivity index (χ1v) is 8.96. The van der Waals surface area contributed by atoms with Gasteiger partial charge in [-0.1, -0.05) is 44.2 Å². The lowest BCUT2D eigenvalue weighted by molar-refractivity contribution is 0.645. The molecule has 1 aromatic heterocycles. The van der Waals surface area contributed by atoms with E-state index in [0.717, 1.165) is 18.1 Å². The summed E-state index contributed by atoms with van der Waals surface area (Å²) < 4.78 is 0. The van der Waals surface area contributed by atoms with Crippen LogP contribution in [0.15, 0.2) is 47.6 Å². The number of nitrogens with zero attached hydrogens (tertiary/aromatic N) is 2. The molecule has 0 fully saturated rings. The highest BCUT2D eigenvalue weighted by atomic mass is 15.2. The van der Waals surface area contributed by atoms with Crippen molar-refractivity contribution in [3.05, 3.63) is 65.0 Å². The molecule has 1 unspecified atom stereocenters. The van der Waals surface area contributed by atoms with Gasteiger partial charge in [-0.15, -0.1) is 0 Å². The van der Waals surface area contributed by atoms with Gasteiger partial charge in [0.15, 0.2) is 5.96 Å². The number of aromatic nitrogens is 1. The molecule has 2 N–H and O–H groups in total. The fourth-order valence-electron chi connectivity index (χ4n) is 2.77. The summed E-state index contributed by atoms with van der Waals surface area (Å²) in [5.74, 6) is 1.46. The highest BCUT2D eigenvalue weighted by Gasteiger charge is 2.09. The summed E-state index contributed by atoms with van der Waals surface area (Å²) in [5, 5.41) is 6.79. The Morgan fingerprint density at radius 3 is 2.44 bits per heavy atom. The van der Waals surface area contributed by atoms with E-state index in [4.69, 9.17) is 0 Å². The van der Waals surface area contributed by atoms with Crippen molar-refractivity contribution < 1.29 is 0 Å². The molecule has 0 saturated carbocycles. The molecule has 1 heterocycles. The maximum atomic E-state index is 4.41. The van der Waals surface area contributed by atoms with Crippen LogP contribution in [-0.4, -0.2) is 18.0 Å². The Hall–Kier alpha value is -2.36. The lowest BCUT2D eigenvalue weighted by Gasteiger charge is -2.19. The Morgan fingerprint density at radius 1 is 1.12 bits per heavy atom. The van der Waals surface area contributed by atoms with E-state index in [1.165, 1.54) is 16.7 Å². The molecule has 134 valence electrons. The highest BCUT2D eigenvalue weighted by molar-refractivity contribution is 5.80. The van der Waals surface area contributed by atoms with Crippen molar-refractivity contribution in [2.75, 3.05) is 7.05 Å². The zero-order valence-electron chi connectivity index (χ0n) is 16.0. The number of benzene rings is 1. The largest absolute Gasteiger partial charge is 0.351 e. The van der Waals surface area contributed by atoms with E-state index < -0.39 is 0 Å². The molecule has 0 spiro atoms. The van der Waals surface area contributed by atoms with Gasteiger partial charge in [-0.2, -0.15) is 0 Å². The normalized spacial score (nSPS) is 13.0. The van der Waals surface area contributed by atoms with Crippen molar-refractivity contribution >= 4 is 5.96 Å². The number of rotatable bonds is 6. The quantitative estimate of drug-likeness (QED) is 0.618. The smallest absolute Gasteiger partial charge is 0.191 e. The third kappa shape index (κ3) is 5.89. The molecule has 25 heavy (non-hydrogen) atoms. The minimum absolute atomic E-state index is 0.184.